The number of halogens is 2. The summed E-state index contributed by atoms with van der Waals surface area (Å²) < 4.78 is 11.3. The van der Waals surface area contributed by atoms with Gasteiger partial charge >= 0.3 is 6.09 Å². The molecule has 0 saturated heterocycles. The van der Waals surface area contributed by atoms with Crippen molar-refractivity contribution in [2.24, 2.45) is 0 Å². The van der Waals surface area contributed by atoms with Crippen LogP contribution in [0.15, 0.2) is 46.9 Å². The van der Waals surface area contributed by atoms with Gasteiger partial charge in [-0.3, -0.25) is 5.32 Å². The van der Waals surface area contributed by atoms with Crippen LogP contribution in [0.4, 0.5) is 10.6 Å². The van der Waals surface area contributed by atoms with Gasteiger partial charge in [-0.2, -0.15) is 4.98 Å². The summed E-state index contributed by atoms with van der Waals surface area (Å²) >= 11 is 9.38. The molecule has 3 rings (SSSR count). The van der Waals surface area contributed by atoms with Crippen molar-refractivity contribution in [2.45, 2.75) is 6.61 Å². The molecule has 0 aliphatic rings. The van der Waals surface area contributed by atoms with E-state index < -0.39 is 6.09 Å². The number of rotatable bonds is 4. The third kappa shape index (κ3) is 4.00. The Hall–Kier alpha value is -2.38. The van der Waals surface area contributed by atoms with Crippen LogP contribution in [0.2, 0.25) is 5.28 Å². The van der Waals surface area contributed by atoms with Gasteiger partial charge in [0.1, 0.15) is 12.4 Å². The van der Waals surface area contributed by atoms with Crippen molar-refractivity contribution in [3.8, 4) is 5.75 Å². The van der Waals surface area contributed by atoms with Crippen LogP contribution >= 0.6 is 27.5 Å². The number of anilines is 1. The van der Waals surface area contributed by atoms with Gasteiger partial charge in [-0.25, -0.2) is 9.78 Å². The quantitative estimate of drug-likeness (QED) is 0.611. The van der Waals surface area contributed by atoms with Gasteiger partial charge in [0.25, 0.3) is 0 Å². The highest BCUT2D eigenvalue weighted by Crippen LogP contribution is 2.35. The van der Waals surface area contributed by atoms with E-state index in [0.717, 1.165) is 5.56 Å². The third-order valence-electron chi connectivity index (χ3n) is 3.39. The summed E-state index contributed by atoms with van der Waals surface area (Å²) in [5, 5.41) is 3.13. The molecule has 3 aromatic rings. The molecule has 2 aromatic carbocycles. The van der Waals surface area contributed by atoms with Crippen molar-refractivity contribution in [3.05, 3.63) is 57.8 Å². The van der Waals surface area contributed by atoms with Crippen LogP contribution in [0.1, 0.15) is 5.56 Å². The summed E-state index contributed by atoms with van der Waals surface area (Å²) in [6.07, 6.45) is -0.651. The standard InChI is InChI=1S/C17H13BrClN3O3/c1-24-12-8-7-11(18)14-13(12)15(21-16(19)20-14)22-17(23)25-9-10-5-3-2-4-6-10/h2-8H,9H2,1H3,(H,20,21,22,23). The van der Waals surface area contributed by atoms with E-state index in [1.165, 1.54) is 7.11 Å². The lowest BCUT2D eigenvalue weighted by Crippen LogP contribution is -2.15. The Morgan fingerprint density at radius 1 is 1.20 bits per heavy atom. The second-order valence-corrected chi connectivity index (χ2v) is 6.19. The molecule has 1 N–H and O–H groups in total. The van der Waals surface area contributed by atoms with E-state index in [-0.39, 0.29) is 17.7 Å². The topological polar surface area (TPSA) is 73.3 Å². The minimum atomic E-state index is -0.651. The molecule has 25 heavy (non-hydrogen) atoms. The van der Waals surface area contributed by atoms with E-state index in [0.29, 0.717) is 21.1 Å². The predicted octanol–water partition coefficient (Wildman–Crippen LogP) is 4.80. The minimum Gasteiger partial charge on any atom is -0.496 e. The Labute approximate surface area is 157 Å². The molecule has 1 amide bonds. The Balaban J connectivity index is 1.87. The van der Waals surface area contributed by atoms with E-state index in [9.17, 15) is 4.79 Å². The monoisotopic (exact) mass is 421 g/mol. The van der Waals surface area contributed by atoms with Gasteiger partial charge in [0.2, 0.25) is 5.28 Å². The molecule has 0 radical (unpaired) electrons. The maximum absolute atomic E-state index is 12.1. The summed E-state index contributed by atoms with van der Waals surface area (Å²) in [4.78, 5) is 20.4. The molecule has 0 fully saturated rings. The number of nitrogens with one attached hydrogen (secondary N) is 1. The zero-order valence-electron chi connectivity index (χ0n) is 13.1. The zero-order valence-corrected chi connectivity index (χ0v) is 15.5. The van der Waals surface area contributed by atoms with Gasteiger partial charge in [-0.05, 0) is 45.2 Å². The van der Waals surface area contributed by atoms with E-state index in [1.54, 1.807) is 12.1 Å². The summed E-state index contributed by atoms with van der Waals surface area (Å²) in [6, 6.07) is 12.9. The summed E-state index contributed by atoms with van der Waals surface area (Å²) in [7, 11) is 1.52. The molecule has 8 heteroatoms. The highest BCUT2D eigenvalue weighted by Gasteiger charge is 2.17. The van der Waals surface area contributed by atoms with Crippen molar-refractivity contribution in [1.82, 2.24) is 9.97 Å². The first-order valence-corrected chi connectivity index (χ1v) is 8.43. The molecule has 0 unspecified atom stereocenters. The molecule has 0 saturated carbocycles. The number of carbonyl (C=O) groups excluding carboxylic acids is 1. The first-order valence-electron chi connectivity index (χ1n) is 7.26. The number of hydrogen-bond donors (Lipinski definition) is 1. The fraction of sp³-hybridized carbons (Fsp3) is 0.118. The maximum atomic E-state index is 12.1. The smallest absolute Gasteiger partial charge is 0.413 e. The molecule has 0 aliphatic carbocycles. The number of carbonyl (C=O) groups is 1. The number of hydrogen-bond acceptors (Lipinski definition) is 5. The Morgan fingerprint density at radius 3 is 2.68 bits per heavy atom. The Morgan fingerprint density at radius 2 is 1.96 bits per heavy atom. The molecule has 6 nitrogen and oxygen atoms in total. The molecule has 0 atom stereocenters. The molecule has 0 bridgehead atoms. The van der Waals surface area contributed by atoms with Gasteiger partial charge in [0.05, 0.1) is 18.0 Å². The average molecular weight is 423 g/mol. The van der Waals surface area contributed by atoms with E-state index in [1.807, 2.05) is 30.3 Å². The fourth-order valence-electron chi connectivity index (χ4n) is 2.27. The van der Waals surface area contributed by atoms with Crippen LogP contribution in [0.5, 0.6) is 5.75 Å². The van der Waals surface area contributed by atoms with Gasteiger partial charge in [-0.15, -0.1) is 0 Å². The summed E-state index contributed by atoms with van der Waals surface area (Å²) in [5.41, 5.74) is 1.40. The van der Waals surface area contributed by atoms with Crippen LogP contribution in [-0.4, -0.2) is 23.2 Å². The molecule has 0 spiro atoms. The van der Waals surface area contributed by atoms with Crippen LogP contribution < -0.4 is 10.1 Å². The number of ether oxygens (including phenoxy) is 2. The molecule has 1 aromatic heterocycles. The second kappa shape index (κ2) is 7.67. The molecule has 0 aliphatic heterocycles. The number of fused-ring (bicyclic) bond motifs is 1. The van der Waals surface area contributed by atoms with E-state index in [4.69, 9.17) is 21.1 Å². The van der Waals surface area contributed by atoms with E-state index in [2.05, 4.69) is 31.2 Å². The first-order chi connectivity index (χ1) is 12.1. The normalized spacial score (nSPS) is 10.5. The lowest BCUT2D eigenvalue weighted by molar-refractivity contribution is 0.155. The maximum Gasteiger partial charge on any atom is 0.413 e. The Kier molecular flexibility index (Phi) is 5.35. The van der Waals surface area contributed by atoms with E-state index >= 15 is 0 Å². The largest absolute Gasteiger partial charge is 0.496 e. The second-order valence-electron chi connectivity index (χ2n) is 5.00. The highest BCUT2D eigenvalue weighted by molar-refractivity contribution is 9.10. The highest BCUT2D eigenvalue weighted by atomic mass is 79.9. The van der Waals surface area contributed by atoms with Crippen LogP contribution in [0, 0.1) is 0 Å². The fourth-order valence-corrected chi connectivity index (χ4v) is 2.86. The SMILES string of the molecule is COc1ccc(Br)c2nc(Cl)nc(NC(=O)OCc3ccccc3)c12. The van der Waals surface area contributed by atoms with Gasteiger partial charge < -0.3 is 9.47 Å². The lowest BCUT2D eigenvalue weighted by atomic mass is 10.2. The van der Waals surface area contributed by atoms with Crippen molar-refractivity contribution >= 4 is 50.3 Å². The van der Waals surface area contributed by atoms with Gasteiger partial charge in [-0.1, -0.05) is 30.3 Å². The number of amides is 1. The van der Waals surface area contributed by atoms with Crippen molar-refractivity contribution in [2.75, 3.05) is 12.4 Å². The summed E-state index contributed by atoms with van der Waals surface area (Å²) in [5.74, 6) is 0.722. The van der Waals surface area contributed by atoms with Gasteiger partial charge in [0.15, 0.2) is 5.82 Å². The van der Waals surface area contributed by atoms with Gasteiger partial charge in [0, 0.05) is 4.47 Å². The number of nitrogens with zero attached hydrogens (tertiary/aromatic N) is 2. The van der Waals surface area contributed by atoms with Crippen molar-refractivity contribution in [3.63, 3.8) is 0 Å². The number of aromatic nitrogens is 2. The zero-order chi connectivity index (χ0) is 17.8. The number of methoxy groups -OCH3 is 1. The summed E-state index contributed by atoms with van der Waals surface area (Å²) in [6.45, 7) is 0.143. The molecular weight excluding hydrogens is 410 g/mol. The van der Waals surface area contributed by atoms with Crippen LogP contribution in [0.3, 0.4) is 0 Å². The lowest BCUT2D eigenvalue weighted by Gasteiger charge is -2.12. The van der Waals surface area contributed by atoms with Crippen LogP contribution in [0.25, 0.3) is 10.9 Å². The van der Waals surface area contributed by atoms with Crippen molar-refractivity contribution in [1.29, 1.82) is 0 Å². The third-order valence-corrected chi connectivity index (χ3v) is 4.20. The number of benzene rings is 2. The van der Waals surface area contributed by atoms with Crippen molar-refractivity contribution < 1.29 is 14.3 Å². The average Bonchev–Trinajstić information content (AvgIpc) is 2.61. The first kappa shape index (κ1) is 17.4. The minimum absolute atomic E-state index is 0.000174. The molecule has 128 valence electrons. The molecular formula is C17H13BrClN3O3. The van der Waals surface area contributed by atoms with Crippen LogP contribution in [-0.2, 0) is 11.3 Å². The molecule has 1 heterocycles. The Bertz CT molecular complexity index is 922. The predicted molar refractivity (Wildman–Crippen MR) is 99.0 cm³/mol.